The molecule has 0 aliphatic heterocycles. The minimum atomic E-state index is 0. The number of aliphatic imine (C=N–C) groups is 1. The normalized spacial score (nSPS) is 9.47. The van der Waals surface area contributed by atoms with Gasteiger partial charge in [-0.3, -0.25) is 10.3 Å². The predicted molar refractivity (Wildman–Crippen MR) is 86.1 cm³/mol. The maximum atomic E-state index is 5.27. The smallest absolute Gasteiger partial charge is 0.168 e. The van der Waals surface area contributed by atoms with E-state index in [9.17, 15) is 0 Å². The van der Waals surface area contributed by atoms with E-state index in [0.717, 1.165) is 14.6 Å². The molecule has 7 heteroatoms. The number of benzene rings is 1. The molecule has 4 nitrogen and oxygen atoms in total. The van der Waals surface area contributed by atoms with Gasteiger partial charge < -0.3 is 4.74 Å². The minimum absolute atomic E-state index is 0. The van der Waals surface area contributed by atoms with Crippen molar-refractivity contribution in [3.05, 3.63) is 21.1 Å². The van der Waals surface area contributed by atoms with Crippen molar-refractivity contribution < 1.29 is 9.57 Å². The van der Waals surface area contributed by atoms with Crippen LogP contribution in [0.5, 0.6) is 5.75 Å². The Balaban J connectivity index is 0.00000324. The quantitative estimate of drug-likeness (QED) is 0.259. The van der Waals surface area contributed by atoms with E-state index in [-0.39, 0.29) is 12.4 Å². The summed E-state index contributed by atoms with van der Waals surface area (Å²) in [7, 11) is 0. The Morgan fingerprint density at radius 1 is 1.37 bits per heavy atom. The lowest BCUT2D eigenvalue weighted by Gasteiger charge is -2.05. The summed E-state index contributed by atoms with van der Waals surface area (Å²) in [6.07, 6.45) is 4.02. The number of hydrogen-bond donors (Lipinski definition) is 1. The van der Waals surface area contributed by atoms with Crippen molar-refractivity contribution in [2.75, 3.05) is 6.61 Å². The zero-order valence-electron chi connectivity index (χ0n) is 10.4. The Labute approximate surface area is 135 Å². The highest BCUT2D eigenvalue weighted by atomic mass is 79.9. The molecule has 1 rings (SSSR count). The van der Waals surface area contributed by atoms with Gasteiger partial charge in [-0.1, -0.05) is 5.92 Å². The lowest BCUT2D eigenvalue weighted by atomic mass is 10.3. The summed E-state index contributed by atoms with van der Waals surface area (Å²) in [5, 5.41) is 0. The lowest BCUT2D eigenvalue weighted by Crippen LogP contribution is -2.10. The van der Waals surface area contributed by atoms with Gasteiger partial charge in [0.05, 0.1) is 21.2 Å². The number of rotatable bonds is 5. The van der Waals surface area contributed by atoms with Crippen molar-refractivity contribution in [3.63, 3.8) is 0 Å². The topological polar surface area (TPSA) is 42.8 Å². The van der Waals surface area contributed by atoms with Gasteiger partial charge in [0.15, 0.2) is 5.75 Å². The maximum Gasteiger partial charge on any atom is 0.168 e. The fourth-order valence-electron chi connectivity index (χ4n) is 1.04. The molecule has 0 saturated carbocycles. The first-order valence-electron chi connectivity index (χ1n) is 5.16. The van der Waals surface area contributed by atoms with Crippen LogP contribution in [0.25, 0.3) is 0 Å². The van der Waals surface area contributed by atoms with Gasteiger partial charge in [0.1, 0.15) is 12.4 Å². The van der Waals surface area contributed by atoms with E-state index in [2.05, 4.69) is 54.4 Å². The minimum Gasteiger partial charge on any atom is -0.405 e. The molecule has 19 heavy (non-hydrogen) atoms. The van der Waals surface area contributed by atoms with Gasteiger partial charge in [0.25, 0.3) is 0 Å². The van der Waals surface area contributed by atoms with Gasteiger partial charge in [-0.15, -0.1) is 12.4 Å². The Hall–Kier alpha value is -0.740. The van der Waals surface area contributed by atoms with E-state index in [4.69, 9.17) is 9.57 Å². The van der Waals surface area contributed by atoms with Crippen molar-refractivity contribution in [1.82, 2.24) is 5.48 Å². The lowest BCUT2D eigenvalue weighted by molar-refractivity contribution is 0.100. The first-order valence-corrected chi connectivity index (χ1v) is 6.75. The highest BCUT2D eigenvalue weighted by Crippen LogP contribution is 2.37. The molecule has 0 heterocycles. The van der Waals surface area contributed by atoms with Crippen LogP contribution < -0.4 is 10.2 Å². The second kappa shape index (κ2) is 10.1. The Bertz CT molecular complexity index is 475. The Morgan fingerprint density at radius 2 is 2.00 bits per heavy atom. The van der Waals surface area contributed by atoms with Crippen molar-refractivity contribution in [3.8, 4) is 17.8 Å². The fourth-order valence-corrected chi connectivity index (χ4v) is 2.37. The number of nitrogens with zero attached hydrogens (tertiary/aromatic N) is 1. The molecular formula is C12H13Br2ClN2O2. The summed E-state index contributed by atoms with van der Waals surface area (Å²) in [5.74, 6) is 3.29. The first kappa shape index (κ1) is 18.3. The van der Waals surface area contributed by atoms with Crippen LogP contribution in [0.4, 0.5) is 5.69 Å². The second-order valence-corrected chi connectivity index (χ2v) is 4.71. The number of ether oxygens (including phenoxy) is 1. The van der Waals surface area contributed by atoms with Gasteiger partial charge in [-0.2, -0.15) is 0 Å². The van der Waals surface area contributed by atoms with E-state index in [1.165, 1.54) is 6.34 Å². The Morgan fingerprint density at radius 3 is 2.53 bits per heavy atom. The zero-order valence-corrected chi connectivity index (χ0v) is 14.4. The zero-order chi connectivity index (χ0) is 13.4. The SMILES string of the molecule is CC#COc1c(Br)cc(N=CNOCC)cc1Br.Cl. The highest BCUT2D eigenvalue weighted by Gasteiger charge is 2.08. The third kappa shape index (κ3) is 6.30. The molecule has 0 radical (unpaired) electrons. The number of nitrogens with one attached hydrogen (secondary N) is 1. The average molecular weight is 413 g/mol. The third-order valence-electron chi connectivity index (χ3n) is 1.73. The van der Waals surface area contributed by atoms with Gasteiger partial charge in [-0.05, 0) is 50.9 Å². The number of halogens is 3. The van der Waals surface area contributed by atoms with Crippen LogP contribution in [-0.2, 0) is 4.84 Å². The summed E-state index contributed by atoms with van der Waals surface area (Å²) >= 11 is 6.80. The number of hydroxylamine groups is 1. The van der Waals surface area contributed by atoms with Gasteiger partial charge in [0, 0.05) is 6.92 Å². The number of hydrogen-bond acceptors (Lipinski definition) is 3. The van der Waals surface area contributed by atoms with Gasteiger partial charge in [-0.25, -0.2) is 4.99 Å². The second-order valence-electron chi connectivity index (χ2n) is 3.00. The van der Waals surface area contributed by atoms with Crippen LogP contribution in [0.3, 0.4) is 0 Å². The molecular weight excluding hydrogens is 399 g/mol. The molecule has 1 N–H and O–H groups in total. The van der Waals surface area contributed by atoms with Crippen LogP contribution in [0.2, 0.25) is 0 Å². The molecule has 0 fully saturated rings. The molecule has 0 unspecified atom stereocenters. The molecule has 0 atom stereocenters. The molecule has 0 saturated heterocycles. The standard InChI is InChI=1S/C12H12Br2N2O2.ClH/c1-3-5-17-12-10(13)6-9(7-11(12)14)15-8-16-18-4-2;/h6-8H,4H2,1-2H3,(H,15,16);1H. The van der Waals surface area contributed by atoms with E-state index >= 15 is 0 Å². The van der Waals surface area contributed by atoms with Crippen molar-refractivity contribution in [2.24, 2.45) is 4.99 Å². The van der Waals surface area contributed by atoms with Crippen LogP contribution in [0, 0.1) is 12.0 Å². The van der Waals surface area contributed by atoms with Gasteiger partial charge in [0.2, 0.25) is 0 Å². The van der Waals surface area contributed by atoms with Crippen LogP contribution >= 0.6 is 44.3 Å². The summed E-state index contributed by atoms with van der Waals surface area (Å²) in [5.41, 5.74) is 3.34. The molecule has 1 aromatic rings. The Kier molecular flexibility index (Phi) is 9.70. The predicted octanol–water partition coefficient (Wildman–Crippen LogP) is 4.19. The molecule has 0 bridgehead atoms. The van der Waals surface area contributed by atoms with Crippen LogP contribution in [0.1, 0.15) is 13.8 Å². The van der Waals surface area contributed by atoms with E-state index < -0.39 is 0 Å². The van der Waals surface area contributed by atoms with Crippen molar-refractivity contribution in [2.45, 2.75) is 13.8 Å². The monoisotopic (exact) mass is 410 g/mol. The summed E-state index contributed by atoms with van der Waals surface area (Å²) in [6, 6.07) is 3.64. The van der Waals surface area contributed by atoms with Crippen LogP contribution in [0.15, 0.2) is 26.1 Å². The van der Waals surface area contributed by atoms with Crippen molar-refractivity contribution in [1.29, 1.82) is 0 Å². The van der Waals surface area contributed by atoms with Crippen LogP contribution in [-0.4, -0.2) is 12.9 Å². The summed E-state index contributed by atoms with van der Waals surface area (Å²) in [4.78, 5) is 9.10. The maximum absolute atomic E-state index is 5.27. The molecule has 0 aromatic heterocycles. The largest absolute Gasteiger partial charge is 0.405 e. The fraction of sp³-hybridized carbons (Fsp3) is 0.250. The molecule has 0 amide bonds. The summed E-state index contributed by atoms with van der Waals surface area (Å²) < 4.78 is 6.80. The summed E-state index contributed by atoms with van der Waals surface area (Å²) in [6.45, 7) is 4.16. The van der Waals surface area contributed by atoms with Gasteiger partial charge >= 0.3 is 0 Å². The van der Waals surface area contributed by atoms with E-state index in [1.54, 1.807) is 6.92 Å². The molecule has 1 aromatic carbocycles. The van der Waals surface area contributed by atoms with Crippen molar-refractivity contribution >= 4 is 56.3 Å². The molecule has 0 spiro atoms. The average Bonchev–Trinajstić information content (AvgIpc) is 2.34. The highest BCUT2D eigenvalue weighted by molar-refractivity contribution is 9.11. The molecule has 104 valence electrons. The van der Waals surface area contributed by atoms with E-state index in [0.29, 0.717) is 12.4 Å². The molecule has 0 aliphatic rings. The van der Waals surface area contributed by atoms with E-state index in [1.807, 2.05) is 19.1 Å². The first-order chi connectivity index (χ1) is 8.69. The molecule has 0 aliphatic carbocycles. The third-order valence-corrected chi connectivity index (χ3v) is 2.91.